The van der Waals surface area contributed by atoms with Gasteiger partial charge in [-0.1, -0.05) is 13.8 Å². The van der Waals surface area contributed by atoms with Crippen LogP contribution in [-0.4, -0.2) is 31.1 Å². The van der Waals surface area contributed by atoms with E-state index in [1.165, 1.54) is 31.5 Å². The Balaban J connectivity index is 0.00000180. The number of hydrogen-bond donors (Lipinski definition) is 1. The highest BCUT2D eigenvalue weighted by Gasteiger charge is 2.24. The molecular weight excluding hydrogens is 311 g/mol. The number of aryl methyl sites for hydroxylation is 1. The maximum atomic E-state index is 3.46. The van der Waals surface area contributed by atoms with Crippen molar-refractivity contribution in [1.29, 1.82) is 0 Å². The number of rotatable bonds is 5. The topological polar surface area (TPSA) is 15.3 Å². The Morgan fingerprint density at radius 1 is 1.20 bits per heavy atom. The molecule has 1 N–H and O–H groups in total. The standard InChI is InChI=1S/C15H26N2S.2ClH/c1-12(2)4-5-14(15-13(3)6-11-18-15)17-9-7-16-8-10-17;;/h6,11-12,14,16H,4-5,7-10H2,1-3H3;2*1H/t14-;;/m1../s1. The first-order valence-corrected chi connectivity index (χ1v) is 8.05. The molecule has 0 aliphatic carbocycles. The van der Waals surface area contributed by atoms with Gasteiger partial charge in [-0.2, -0.15) is 0 Å². The molecule has 2 heterocycles. The SMILES string of the molecule is Cc1ccsc1[C@@H](CCC(C)C)N1CCNCC1.Cl.Cl. The van der Waals surface area contributed by atoms with Crippen molar-refractivity contribution in [3.63, 3.8) is 0 Å². The highest BCUT2D eigenvalue weighted by Crippen LogP contribution is 2.33. The lowest BCUT2D eigenvalue weighted by atomic mass is 9.99. The molecule has 1 aliphatic rings. The second-order valence-corrected chi connectivity index (χ2v) is 6.69. The van der Waals surface area contributed by atoms with Crippen molar-refractivity contribution in [3.8, 4) is 0 Å². The van der Waals surface area contributed by atoms with Crippen LogP contribution >= 0.6 is 36.2 Å². The Labute approximate surface area is 140 Å². The van der Waals surface area contributed by atoms with Crippen LogP contribution in [0.1, 0.15) is 43.2 Å². The lowest BCUT2D eigenvalue weighted by molar-refractivity contribution is 0.162. The van der Waals surface area contributed by atoms with Crippen molar-refractivity contribution in [3.05, 3.63) is 21.9 Å². The Hall–Kier alpha value is 0.200. The minimum atomic E-state index is 0. The van der Waals surface area contributed by atoms with Crippen molar-refractivity contribution in [1.82, 2.24) is 10.2 Å². The zero-order chi connectivity index (χ0) is 13.0. The van der Waals surface area contributed by atoms with E-state index in [0.717, 1.165) is 19.0 Å². The summed E-state index contributed by atoms with van der Waals surface area (Å²) < 4.78 is 0. The van der Waals surface area contributed by atoms with Gasteiger partial charge in [0.15, 0.2) is 0 Å². The van der Waals surface area contributed by atoms with Crippen LogP contribution in [0.3, 0.4) is 0 Å². The zero-order valence-electron chi connectivity index (χ0n) is 12.7. The fraction of sp³-hybridized carbons (Fsp3) is 0.733. The molecule has 0 saturated carbocycles. The summed E-state index contributed by atoms with van der Waals surface area (Å²) in [5.41, 5.74) is 1.48. The van der Waals surface area contributed by atoms with E-state index in [0.29, 0.717) is 6.04 Å². The Morgan fingerprint density at radius 2 is 1.85 bits per heavy atom. The van der Waals surface area contributed by atoms with Crippen LogP contribution < -0.4 is 5.32 Å². The summed E-state index contributed by atoms with van der Waals surface area (Å²) >= 11 is 1.94. The molecule has 1 saturated heterocycles. The minimum absolute atomic E-state index is 0. The van der Waals surface area contributed by atoms with Gasteiger partial charge in [-0.05, 0) is 42.7 Å². The summed E-state index contributed by atoms with van der Waals surface area (Å²) in [5.74, 6) is 0.802. The van der Waals surface area contributed by atoms with Gasteiger partial charge in [0.2, 0.25) is 0 Å². The van der Waals surface area contributed by atoms with E-state index in [9.17, 15) is 0 Å². The predicted molar refractivity (Wildman–Crippen MR) is 94.8 cm³/mol. The van der Waals surface area contributed by atoms with E-state index < -0.39 is 0 Å². The fourth-order valence-electron chi connectivity index (χ4n) is 2.69. The van der Waals surface area contributed by atoms with E-state index in [2.05, 4.69) is 42.4 Å². The summed E-state index contributed by atoms with van der Waals surface area (Å²) in [7, 11) is 0. The smallest absolute Gasteiger partial charge is 0.0445 e. The van der Waals surface area contributed by atoms with Crippen LogP contribution in [0.5, 0.6) is 0 Å². The van der Waals surface area contributed by atoms with Crippen molar-refractivity contribution in [2.45, 2.75) is 39.7 Å². The molecule has 1 aromatic heterocycles. The molecule has 0 amide bonds. The normalized spacial score (nSPS) is 17.4. The average Bonchev–Trinajstić information content (AvgIpc) is 2.77. The van der Waals surface area contributed by atoms with Gasteiger partial charge in [-0.15, -0.1) is 36.2 Å². The maximum absolute atomic E-state index is 3.46. The molecule has 20 heavy (non-hydrogen) atoms. The van der Waals surface area contributed by atoms with Crippen molar-refractivity contribution in [2.75, 3.05) is 26.2 Å². The Bertz CT molecular complexity index is 363. The molecule has 2 nitrogen and oxygen atoms in total. The quantitative estimate of drug-likeness (QED) is 0.861. The van der Waals surface area contributed by atoms with Crippen LogP contribution in [0.2, 0.25) is 0 Å². The first kappa shape index (κ1) is 20.2. The molecule has 5 heteroatoms. The number of hydrogen-bond acceptors (Lipinski definition) is 3. The molecule has 2 rings (SSSR count). The summed E-state index contributed by atoms with van der Waals surface area (Å²) in [6.07, 6.45) is 2.63. The maximum Gasteiger partial charge on any atom is 0.0445 e. The van der Waals surface area contributed by atoms with Gasteiger partial charge >= 0.3 is 0 Å². The molecule has 1 aromatic rings. The van der Waals surface area contributed by atoms with Crippen LogP contribution in [-0.2, 0) is 0 Å². The molecule has 1 atom stereocenters. The third-order valence-corrected chi connectivity index (χ3v) is 4.93. The number of nitrogens with one attached hydrogen (secondary N) is 1. The monoisotopic (exact) mass is 338 g/mol. The van der Waals surface area contributed by atoms with E-state index in [1.807, 2.05) is 11.3 Å². The fourth-order valence-corrected chi connectivity index (χ4v) is 3.79. The van der Waals surface area contributed by atoms with Crippen molar-refractivity contribution >= 4 is 36.2 Å². The predicted octanol–water partition coefficient (Wildman–Crippen LogP) is 4.28. The Kier molecular flexibility index (Phi) is 10.1. The van der Waals surface area contributed by atoms with E-state index in [1.54, 1.807) is 4.88 Å². The number of thiophene rings is 1. The van der Waals surface area contributed by atoms with Gasteiger partial charge in [-0.3, -0.25) is 4.90 Å². The van der Waals surface area contributed by atoms with Gasteiger partial charge in [0.25, 0.3) is 0 Å². The van der Waals surface area contributed by atoms with E-state index >= 15 is 0 Å². The van der Waals surface area contributed by atoms with Crippen LogP contribution in [0, 0.1) is 12.8 Å². The molecule has 0 unspecified atom stereocenters. The zero-order valence-corrected chi connectivity index (χ0v) is 15.2. The highest BCUT2D eigenvalue weighted by atomic mass is 35.5. The van der Waals surface area contributed by atoms with Gasteiger partial charge in [0.05, 0.1) is 0 Å². The Morgan fingerprint density at radius 3 is 2.35 bits per heavy atom. The summed E-state index contributed by atoms with van der Waals surface area (Å²) in [6, 6.07) is 2.92. The lowest BCUT2D eigenvalue weighted by Gasteiger charge is -2.35. The molecule has 0 spiro atoms. The van der Waals surface area contributed by atoms with E-state index in [-0.39, 0.29) is 24.8 Å². The van der Waals surface area contributed by atoms with Gasteiger partial charge in [0.1, 0.15) is 0 Å². The van der Waals surface area contributed by atoms with Crippen LogP contribution in [0.4, 0.5) is 0 Å². The van der Waals surface area contributed by atoms with Gasteiger partial charge in [-0.25, -0.2) is 0 Å². The summed E-state index contributed by atoms with van der Waals surface area (Å²) in [4.78, 5) is 4.27. The lowest BCUT2D eigenvalue weighted by Crippen LogP contribution is -2.45. The molecule has 0 radical (unpaired) electrons. The van der Waals surface area contributed by atoms with Crippen molar-refractivity contribution < 1.29 is 0 Å². The van der Waals surface area contributed by atoms with Crippen LogP contribution in [0.15, 0.2) is 11.4 Å². The third kappa shape index (κ3) is 5.53. The molecule has 1 fully saturated rings. The summed E-state index contributed by atoms with van der Waals surface area (Å²) in [5, 5.41) is 5.70. The highest BCUT2D eigenvalue weighted by molar-refractivity contribution is 7.10. The van der Waals surface area contributed by atoms with Gasteiger partial charge < -0.3 is 5.32 Å². The minimum Gasteiger partial charge on any atom is -0.314 e. The first-order chi connectivity index (χ1) is 8.68. The second-order valence-electron chi connectivity index (χ2n) is 5.74. The van der Waals surface area contributed by atoms with Crippen molar-refractivity contribution in [2.24, 2.45) is 5.92 Å². The second kappa shape index (κ2) is 10.0. The first-order valence-electron chi connectivity index (χ1n) is 7.17. The van der Waals surface area contributed by atoms with Gasteiger partial charge in [0, 0.05) is 37.1 Å². The number of halogens is 2. The summed E-state index contributed by atoms with van der Waals surface area (Å²) in [6.45, 7) is 11.6. The average molecular weight is 339 g/mol. The molecule has 1 aliphatic heterocycles. The third-order valence-electron chi connectivity index (χ3n) is 3.81. The number of nitrogens with zero attached hydrogens (tertiary/aromatic N) is 1. The largest absolute Gasteiger partial charge is 0.314 e. The van der Waals surface area contributed by atoms with E-state index in [4.69, 9.17) is 0 Å². The molecule has 118 valence electrons. The molecular formula is C15H28Cl2N2S. The molecule has 0 bridgehead atoms. The number of piperazine rings is 1. The van der Waals surface area contributed by atoms with Crippen LogP contribution in [0.25, 0.3) is 0 Å². The molecule has 0 aromatic carbocycles.